The Labute approximate surface area is 73.2 Å². The van der Waals surface area contributed by atoms with Gasteiger partial charge in [0.1, 0.15) is 0 Å². The summed E-state index contributed by atoms with van der Waals surface area (Å²) in [5, 5.41) is 0.693. The Morgan fingerprint density at radius 2 is 2.27 bits per heavy atom. The van der Waals surface area contributed by atoms with Crippen molar-refractivity contribution in [3.05, 3.63) is 23.9 Å². The highest BCUT2D eigenvalue weighted by Gasteiger charge is 2.06. The van der Waals surface area contributed by atoms with Crippen LogP contribution in [0.5, 0.6) is 0 Å². The second-order valence-electron chi connectivity index (χ2n) is 2.89. The minimum absolute atomic E-state index is 0.693. The molecule has 0 radical (unpaired) electrons. The summed E-state index contributed by atoms with van der Waals surface area (Å²) in [5.74, 6) is 0. The molecular weight excluding hydrogens is 154 g/mol. The molecule has 1 atom stereocenters. The Bertz CT molecular complexity index is 182. The normalized spacial score (nSPS) is 23.2. The molecule has 0 spiro atoms. The fraction of sp³-hybridized carbons (Fsp3) is 0.556. The minimum atomic E-state index is 0.693. The van der Waals surface area contributed by atoms with Gasteiger partial charge < -0.3 is 4.90 Å². The molecule has 0 saturated carbocycles. The quantitative estimate of drug-likeness (QED) is 0.623. The van der Waals surface area contributed by atoms with Gasteiger partial charge >= 0.3 is 0 Å². The molecule has 0 fully saturated rings. The summed E-state index contributed by atoms with van der Waals surface area (Å²) in [7, 11) is 4.16. The Kier molecular flexibility index (Phi) is 3.06. The molecule has 11 heavy (non-hydrogen) atoms. The summed E-state index contributed by atoms with van der Waals surface area (Å²) in [6.45, 7) is 0. The highest BCUT2D eigenvalue weighted by molar-refractivity contribution is 7.99. The molecule has 1 aliphatic carbocycles. The molecular formula is C9H15NS. The first-order valence-corrected chi connectivity index (χ1v) is 5.11. The molecule has 0 N–H and O–H groups in total. The Balaban J connectivity index is 2.53. The third kappa shape index (κ3) is 2.29. The summed E-state index contributed by atoms with van der Waals surface area (Å²) >= 11 is 1.91. The largest absolute Gasteiger partial charge is 0.378 e. The van der Waals surface area contributed by atoms with Gasteiger partial charge in [0.25, 0.3) is 0 Å². The first-order valence-electron chi connectivity index (χ1n) is 3.82. The average molecular weight is 169 g/mol. The van der Waals surface area contributed by atoms with Crippen LogP contribution in [0.3, 0.4) is 0 Å². The van der Waals surface area contributed by atoms with Gasteiger partial charge in [-0.1, -0.05) is 12.2 Å². The van der Waals surface area contributed by atoms with Gasteiger partial charge in [-0.15, -0.1) is 0 Å². The molecule has 62 valence electrons. The molecule has 0 unspecified atom stereocenters. The van der Waals surface area contributed by atoms with E-state index in [2.05, 4.69) is 43.5 Å². The number of hydrogen-bond donors (Lipinski definition) is 0. The zero-order valence-corrected chi connectivity index (χ0v) is 8.19. The van der Waals surface area contributed by atoms with Crippen LogP contribution in [0, 0.1) is 0 Å². The maximum absolute atomic E-state index is 2.29. The van der Waals surface area contributed by atoms with Crippen LogP contribution in [0.4, 0.5) is 0 Å². The van der Waals surface area contributed by atoms with E-state index in [1.807, 2.05) is 11.8 Å². The van der Waals surface area contributed by atoms with Crippen molar-refractivity contribution in [3.63, 3.8) is 0 Å². The first-order chi connectivity index (χ1) is 5.24. The van der Waals surface area contributed by atoms with E-state index in [1.165, 1.54) is 12.1 Å². The standard InChI is InChI=1S/C9H15NS/c1-10(2)8-4-6-9(11-3)7-5-8/h4-6,9H,7H2,1-3H3/t9-/m1/s1. The lowest BCUT2D eigenvalue weighted by Crippen LogP contribution is -2.13. The molecule has 0 amide bonds. The van der Waals surface area contributed by atoms with Gasteiger partial charge in [-0.3, -0.25) is 0 Å². The molecule has 0 bridgehead atoms. The van der Waals surface area contributed by atoms with E-state index in [-0.39, 0.29) is 0 Å². The van der Waals surface area contributed by atoms with E-state index in [0.29, 0.717) is 5.25 Å². The van der Waals surface area contributed by atoms with Crippen molar-refractivity contribution in [2.45, 2.75) is 11.7 Å². The van der Waals surface area contributed by atoms with E-state index >= 15 is 0 Å². The number of rotatable bonds is 2. The number of allylic oxidation sites excluding steroid dienone is 2. The molecule has 1 aliphatic rings. The van der Waals surface area contributed by atoms with Crippen molar-refractivity contribution < 1.29 is 0 Å². The Hall–Kier alpha value is -0.370. The third-order valence-corrected chi connectivity index (χ3v) is 2.82. The maximum atomic E-state index is 2.29. The van der Waals surface area contributed by atoms with Crippen LogP contribution in [-0.2, 0) is 0 Å². The number of likely N-dealkylation sites (N-methyl/N-ethyl adjacent to an activating group) is 1. The van der Waals surface area contributed by atoms with Gasteiger partial charge in [0.2, 0.25) is 0 Å². The fourth-order valence-corrected chi connectivity index (χ4v) is 1.62. The highest BCUT2D eigenvalue weighted by atomic mass is 32.2. The number of nitrogens with zero attached hydrogens (tertiary/aromatic N) is 1. The lowest BCUT2D eigenvalue weighted by molar-refractivity contribution is 0.524. The predicted molar refractivity (Wildman–Crippen MR) is 52.8 cm³/mol. The summed E-state index contributed by atoms with van der Waals surface area (Å²) in [4.78, 5) is 2.15. The zero-order chi connectivity index (χ0) is 8.27. The Morgan fingerprint density at radius 1 is 1.55 bits per heavy atom. The Morgan fingerprint density at radius 3 is 2.64 bits per heavy atom. The van der Waals surface area contributed by atoms with Gasteiger partial charge in [0.15, 0.2) is 0 Å². The van der Waals surface area contributed by atoms with Gasteiger partial charge in [-0.05, 0) is 18.8 Å². The minimum Gasteiger partial charge on any atom is -0.378 e. The van der Waals surface area contributed by atoms with Crippen LogP contribution in [0.2, 0.25) is 0 Å². The predicted octanol–water partition coefficient (Wildman–Crippen LogP) is 2.12. The summed E-state index contributed by atoms with van der Waals surface area (Å²) < 4.78 is 0. The number of thioether (sulfide) groups is 1. The second-order valence-corrected chi connectivity index (χ2v) is 3.97. The SMILES string of the molecule is CS[C@@H]1C=CC(N(C)C)=CC1. The van der Waals surface area contributed by atoms with Crippen molar-refractivity contribution in [2.75, 3.05) is 20.4 Å². The molecule has 0 saturated heterocycles. The molecule has 0 aromatic heterocycles. The highest BCUT2D eigenvalue weighted by Crippen LogP contribution is 2.20. The first kappa shape index (κ1) is 8.72. The van der Waals surface area contributed by atoms with E-state index in [9.17, 15) is 0 Å². The molecule has 0 heterocycles. The summed E-state index contributed by atoms with van der Waals surface area (Å²) in [6.07, 6.45) is 10.1. The van der Waals surface area contributed by atoms with Crippen LogP contribution in [-0.4, -0.2) is 30.5 Å². The second kappa shape index (κ2) is 3.86. The van der Waals surface area contributed by atoms with E-state index < -0.39 is 0 Å². The van der Waals surface area contributed by atoms with Crippen LogP contribution in [0.1, 0.15) is 6.42 Å². The van der Waals surface area contributed by atoms with Gasteiger partial charge in [0.05, 0.1) is 0 Å². The van der Waals surface area contributed by atoms with E-state index in [0.717, 1.165) is 0 Å². The average Bonchev–Trinajstić information content (AvgIpc) is 2.05. The smallest absolute Gasteiger partial charge is 0.0318 e. The van der Waals surface area contributed by atoms with Crippen LogP contribution < -0.4 is 0 Å². The fourth-order valence-electron chi connectivity index (χ4n) is 1.10. The monoisotopic (exact) mass is 169 g/mol. The lowest BCUT2D eigenvalue weighted by Gasteiger charge is -2.19. The van der Waals surface area contributed by atoms with Crippen LogP contribution in [0.25, 0.3) is 0 Å². The topological polar surface area (TPSA) is 3.24 Å². The molecule has 0 aromatic rings. The maximum Gasteiger partial charge on any atom is 0.0318 e. The van der Waals surface area contributed by atoms with E-state index in [1.54, 1.807) is 0 Å². The number of hydrogen-bond acceptors (Lipinski definition) is 2. The van der Waals surface area contributed by atoms with Crippen LogP contribution in [0.15, 0.2) is 23.9 Å². The summed E-state index contributed by atoms with van der Waals surface area (Å²) in [5.41, 5.74) is 1.33. The van der Waals surface area contributed by atoms with Crippen molar-refractivity contribution >= 4 is 11.8 Å². The van der Waals surface area contributed by atoms with E-state index in [4.69, 9.17) is 0 Å². The molecule has 1 nitrogen and oxygen atoms in total. The van der Waals surface area contributed by atoms with Crippen molar-refractivity contribution in [1.29, 1.82) is 0 Å². The van der Waals surface area contributed by atoms with Crippen molar-refractivity contribution in [1.82, 2.24) is 4.90 Å². The lowest BCUT2D eigenvalue weighted by atomic mass is 10.1. The molecule has 0 aromatic carbocycles. The third-order valence-electron chi connectivity index (χ3n) is 1.86. The van der Waals surface area contributed by atoms with Crippen molar-refractivity contribution in [3.8, 4) is 0 Å². The van der Waals surface area contributed by atoms with Gasteiger partial charge in [0, 0.05) is 25.0 Å². The zero-order valence-electron chi connectivity index (χ0n) is 7.37. The molecule has 0 aliphatic heterocycles. The molecule has 1 rings (SSSR count). The van der Waals surface area contributed by atoms with Gasteiger partial charge in [-0.25, -0.2) is 0 Å². The molecule has 2 heteroatoms. The van der Waals surface area contributed by atoms with Crippen molar-refractivity contribution in [2.24, 2.45) is 0 Å². The summed E-state index contributed by atoms with van der Waals surface area (Å²) in [6, 6.07) is 0. The van der Waals surface area contributed by atoms with Gasteiger partial charge in [-0.2, -0.15) is 11.8 Å². The van der Waals surface area contributed by atoms with Crippen LogP contribution >= 0.6 is 11.8 Å².